The molecule has 2 N–H and O–H groups in total. The van der Waals surface area contributed by atoms with Crippen LogP contribution in [-0.2, 0) is 12.8 Å². The molecule has 0 aliphatic carbocycles. The summed E-state index contributed by atoms with van der Waals surface area (Å²) in [5.41, 5.74) is 0. The zero-order valence-electron chi connectivity index (χ0n) is 13.8. The minimum atomic E-state index is -0.154. The molecule has 1 amide bonds. The number of amides is 1. The van der Waals surface area contributed by atoms with Crippen LogP contribution in [0.2, 0.25) is 0 Å². The average Bonchev–Trinajstić information content (AvgIpc) is 3.23. The van der Waals surface area contributed by atoms with Crippen LogP contribution in [0.1, 0.15) is 16.3 Å². The Morgan fingerprint density at radius 1 is 1.42 bits per heavy atom. The van der Waals surface area contributed by atoms with Crippen LogP contribution in [0.3, 0.4) is 0 Å². The molecule has 3 heterocycles. The molecule has 8 heteroatoms. The molecule has 1 saturated heterocycles. The highest BCUT2D eigenvalue weighted by atomic mass is 32.2. The van der Waals surface area contributed by atoms with Gasteiger partial charge in [0.1, 0.15) is 5.76 Å². The molecule has 0 unspecified atom stereocenters. The van der Waals surface area contributed by atoms with Gasteiger partial charge >= 0.3 is 0 Å². The number of aromatic nitrogens is 2. The maximum absolute atomic E-state index is 12.1. The van der Waals surface area contributed by atoms with E-state index in [0.717, 1.165) is 43.6 Å². The molecule has 2 aromatic heterocycles. The molecule has 7 nitrogen and oxygen atoms in total. The van der Waals surface area contributed by atoms with Crippen molar-refractivity contribution in [2.45, 2.75) is 10.9 Å². The van der Waals surface area contributed by atoms with E-state index in [2.05, 4.69) is 20.5 Å². The summed E-state index contributed by atoms with van der Waals surface area (Å²) in [4.78, 5) is 18.7. The fourth-order valence-electron chi connectivity index (χ4n) is 2.55. The quantitative estimate of drug-likeness (QED) is 0.725. The Balaban J connectivity index is 1.42. The molecule has 0 bridgehead atoms. The summed E-state index contributed by atoms with van der Waals surface area (Å²) in [5.74, 6) is 1.64. The van der Waals surface area contributed by atoms with Gasteiger partial charge in [-0.1, -0.05) is 11.8 Å². The van der Waals surface area contributed by atoms with Crippen LogP contribution in [0.5, 0.6) is 0 Å². The number of nitrogens with one attached hydrogen (secondary N) is 2. The third-order valence-electron chi connectivity index (χ3n) is 3.93. The molecule has 24 heavy (non-hydrogen) atoms. The first kappa shape index (κ1) is 17.1. The molecule has 1 fully saturated rings. The van der Waals surface area contributed by atoms with Crippen LogP contribution >= 0.6 is 11.8 Å². The van der Waals surface area contributed by atoms with E-state index in [1.165, 1.54) is 0 Å². The van der Waals surface area contributed by atoms with Crippen LogP contribution in [0.4, 0.5) is 0 Å². The topological polar surface area (TPSA) is 75.3 Å². The second-order valence-electron chi connectivity index (χ2n) is 5.72. The van der Waals surface area contributed by atoms with Crippen LogP contribution in [-0.4, -0.2) is 59.6 Å². The molecule has 0 aromatic carbocycles. The number of aryl methyl sites for hydroxylation is 1. The first-order chi connectivity index (χ1) is 11.7. The number of carbonyl (C=O) groups excluding carboxylic acids is 1. The minimum Gasteiger partial charge on any atom is -0.455 e. The standard InChI is InChI=1S/C16H23N5O2S/c1-20-8-6-19-16(20)24-12-13-2-3-14(23-13)15(22)18-7-11-21-9-4-17-5-10-21/h2-3,6,8,17H,4-5,7,9-12H2,1H3,(H,18,22). The summed E-state index contributed by atoms with van der Waals surface area (Å²) in [6.07, 6.45) is 3.67. The first-order valence-electron chi connectivity index (χ1n) is 8.12. The number of carbonyl (C=O) groups is 1. The highest BCUT2D eigenvalue weighted by Gasteiger charge is 2.13. The van der Waals surface area contributed by atoms with E-state index >= 15 is 0 Å². The van der Waals surface area contributed by atoms with Crippen molar-refractivity contribution in [1.82, 2.24) is 25.1 Å². The van der Waals surface area contributed by atoms with E-state index < -0.39 is 0 Å². The van der Waals surface area contributed by atoms with Crippen LogP contribution in [0.25, 0.3) is 0 Å². The Labute approximate surface area is 145 Å². The Bertz CT molecular complexity index is 663. The zero-order chi connectivity index (χ0) is 16.8. The smallest absolute Gasteiger partial charge is 0.287 e. The molecule has 3 rings (SSSR count). The second-order valence-corrected chi connectivity index (χ2v) is 6.67. The van der Waals surface area contributed by atoms with Crippen molar-refractivity contribution >= 4 is 17.7 Å². The number of piperazine rings is 1. The van der Waals surface area contributed by atoms with Gasteiger partial charge in [-0.15, -0.1) is 0 Å². The molecule has 2 aromatic rings. The number of nitrogens with zero attached hydrogens (tertiary/aromatic N) is 3. The van der Waals surface area contributed by atoms with Crippen LogP contribution in [0.15, 0.2) is 34.1 Å². The highest BCUT2D eigenvalue weighted by Crippen LogP contribution is 2.21. The largest absolute Gasteiger partial charge is 0.455 e. The predicted octanol–water partition coefficient (Wildman–Crippen LogP) is 0.940. The lowest BCUT2D eigenvalue weighted by atomic mass is 10.3. The minimum absolute atomic E-state index is 0.154. The van der Waals surface area contributed by atoms with Gasteiger partial charge in [0, 0.05) is 58.7 Å². The normalized spacial score (nSPS) is 15.5. The molecular formula is C16H23N5O2S. The third-order valence-corrected chi connectivity index (χ3v) is 5.01. The monoisotopic (exact) mass is 349 g/mol. The summed E-state index contributed by atoms with van der Waals surface area (Å²) in [7, 11) is 1.95. The third kappa shape index (κ3) is 4.62. The Morgan fingerprint density at radius 2 is 2.25 bits per heavy atom. The predicted molar refractivity (Wildman–Crippen MR) is 93.1 cm³/mol. The van der Waals surface area contributed by atoms with Crippen LogP contribution < -0.4 is 10.6 Å². The van der Waals surface area contributed by atoms with E-state index in [-0.39, 0.29) is 5.91 Å². The van der Waals surface area contributed by atoms with Gasteiger partial charge in [0.15, 0.2) is 10.9 Å². The van der Waals surface area contributed by atoms with Gasteiger partial charge in [0.2, 0.25) is 0 Å². The van der Waals surface area contributed by atoms with Gasteiger partial charge in [-0.3, -0.25) is 9.69 Å². The van der Waals surface area contributed by atoms with E-state index in [9.17, 15) is 4.79 Å². The summed E-state index contributed by atoms with van der Waals surface area (Å²) in [5, 5.41) is 7.16. The molecule has 1 aliphatic rings. The Hall–Kier alpha value is -1.77. The van der Waals surface area contributed by atoms with Crippen molar-refractivity contribution in [1.29, 1.82) is 0 Å². The van der Waals surface area contributed by atoms with Gasteiger partial charge in [0.25, 0.3) is 5.91 Å². The fourth-order valence-corrected chi connectivity index (χ4v) is 3.38. The van der Waals surface area contributed by atoms with E-state index in [1.54, 1.807) is 24.0 Å². The molecule has 0 spiro atoms. The maximum atomic E-state index is 12.1. The van der Waals surface area contributed by atoms with Crippen molar-refractivity contribution in [2.75, 3.05) is 39.3 Å². The van der Waals surface area contributed by atoms with Gasteiger partial charge in [-0.25, -0.2) is 4.98 Å². The molecular weight excluding hydrogens is 326 g/mol. The van der Waals surface area contributed by atoms with Crippen molar-refractivity contribution in [3.63, 3.8) is 0 Å². The number of hydrogen-bond donors (Lipinski definition) is 2. The first-order valence-corrected chi connectivity index (χ1v) is 9.11. The number of rotatable bonds is 7. The fraction of sp³-hybridized carbons (Fsp3) is 0.500. The lowest BCUT2D eigenvalue weighted by Crippen LogP contribution is -2.46. The number of imidazole rings is 1. The molecule has 0 saturated carbocycles. The lowest BCUT2D eigenvalue weighted by Gasteiger charge is -2.26. The van der Waals surface area contributed by atoms with Gasteiger partial charge in [-0.05, 0) is 12.1 Å². The average molecular weight is 349 g/mol. The SMILES string of the molecule is Cn1ccnc1SCc1ccc(C(=O)NCCN2CCNCC2)o1. The van der Waals surface area contributed by atoms with Gasteiger partial charge < -0.3 is 19.6 Å². The van der Waals surface area contributed by atoms with Gasteiger partial charge in [0.05, 0.1) is 5.75 Å². The summed E-state index contributed by atoms with van der Waals surface area (Å²) in [6, 6.07) is 3.58. The van der Waals surface area contributed by atoms with E-state index in [1.807, 2.05) is 23.9 Å². The number of furan rings is 1. The summed E-state index contributed by atoms with van der Waals surface area (Å²) < 4.78 is 7.59. The molecule has 0 atom stereocenters. The van der Waals surface area contributed by atoms with Gasteiger partial charge in [-0.2, -0.15) is 0 Å². The van der Waals surface area contributed by atoms with Crippen molar-refractivity contribution in [3.05, 3.63) is 36.0 Å². The Kier molecular flexibility index (Phi) is 5.95. The maximum Gasteiger partial charge on any atom is 0.287 e. The molecule has 1 aliphatic heterocycles. The van der Waals surface area contributed by atoms with Crippen molar-refractivity contribution < 1.29 is 9.21 Å². The molecule has 130 valence electrons. The molecule has 0 radical (unpaired) electrons. The van der Waals surface area contributed by atoms with Crippen molar-refractivity contribution in [2.24, 2.45) is 7.05 Å². The van der Waals surface area contributed by atoms with Crippen LogP contribution in [0, 0.1) is 0 Å². The number of hydrogen-bond acceptors (Lipinski definition) is 6. The lowest BCUT2D eigenvalue weighted by molar-refractivity contribution is 0.0918. The zero-order valence-corrected chi connectivity index (χ0v) is 14.6. The van der Waals surface area contributed by atoms with E-state index in [0.29, 0.717) is 18.1 Å². The highest BCUT2D eigenvalue weighted by molar-refractivity contribution is 7.98. The summed E-state index contributed by atoms with van der Waals surface area (Å²) in [6.45, 7) is 5.61. The second kappa shape index (κ2) is 8.36. The summed E-state index contributed by atoms with van der Waals surface area (Å²) >= 11 is 1.58. The van der Waals surface area contributed by atoms with E-state index in [4.69, 9.17) is 4.42 Å². The van der Waals surface area contributed by atoms with Crippen molar-refractivity contribution in [3.8, 4) is 0 Å². The Morgan fingerprint density at radius 3 is 3.00 bits per heavy atom. The number of thioether (sulfide) groups is 1.